The number of nitrogens with one attached hydrogen (secondary N) is 1. The number of hydrogen-bond acceptors (Lipinski definition) is 2. The molecule has 0 unspecified atom stereocenters. The van der Waals surface area contributed by atoms with Crippen molar-refractivity contribution in [3.8, 4) is 6.07 Å². The maximum absolute atomic E-state index is 12.3. The molecule has 1 aliphatic rings. The van der Waals surface area contributed by atoms with Crippen LogP contribution in [0.4, 0.5) is 5.69 Å². The Hall–Kier alpha value is -1.90. The molecular weight excluding hydrogens is 408 g/mol. The molecule has 0 saturated heterocycles. The first-order valence-corrected chi connectivity index (χ1v) is 8.12. The predicted octanol–water partition coefficient (Wildman–Crippen LogP) is 4.88. The van der Waals surface area contributed by atoms with Gasteiger partial charge in [0.25, 0.3) is 5.91 Å². The maximum Gasteiger partial charge on any atom is 0.256 e. The quantitative estimate of drug-likeness (QED) is 0.672. The van der Waals surface area contributed by atoms with Gasteiger partial charge in [0.15, 0.2) is 0 Å². The second-order valence-corrected chi connectivity index (χ2v) is 6.67. The molecule has 0 atom stereocenters. The molecule has 0 radical (unpaired) electrons. The summed E-state index contributed by atoms with van der Waals surface area (Å²) in [7, 11) is 0. The van der Waals surface area contributed by atoms with Crippen LogP contribution in [-0.4, -0.2) is 5.91 Å². The van der Waals surface area contributed by atoms with Crippen LogP contribution in [-0.2, 0) is 4.79 Å². The predicted molar refractivity (Wildman–Crippen MR) is 94.2 cm³/mol. The molecule has 1 aliphatic heterocycles. The van der Waals surface area contributed by atoms with E-state index in [1.165, 1.54) is 0 Å². The summed E-state index contributed by atoms with van der Waals surface area (Å²) in [6.07, 6.45) is 1.81. The van der Waals surface area contributed by atoms with Gasteiger partial charge in [0, 0.05) is 20.1 Å². The van der Waals surface area contributed by atoms with Gasteiger partial charge in [-0.2, -0.15) is 5.26 Å². The van der Waals surface area contributed by atoms with Crippen molar-refractivity contribution in [2.45, 2.75) is 6.92 Å². The fraction of sp³-hybridized carbons (Fsp3) is 0.0588. The summed E-state index contributed by atoms with van der Waals surface area (Å²) < 4.78 is 1.77. The minimum absolute atomic E-state index is 0.140. The average molecular weight is 418 g/mol. The van der Waals surface area contributed by atoms with Crippen LogP contribution in [0, 0.1) is 18.3 Å². The molecule has 3 nitrogen and oxygen atoms in total. The van der Waals surface area contributed by atoms with Crippen molar-refractivity contribution in [2.75, 3.05) is 5.32 Å². The summed E-state index contributed by atoms with van der Waals surface area (Å²) in [5.41, 5.74) is 4.67. The number of halogens is 2. The Morgan fingerprint density at radius 1 is 1.23 bits per heavy atom. The number of nitriles is 1. The van der Waals surface area contributed by atoms with E-state index in [0.717, 1.165) is 31.3 Å². The lowest BCUT2D eigenvalue weighted by molar-refractivity contribution is -0.110. The molecule has 1 N–H and O–H groups in total. The number of amides is 1. The van der Waals surface area contributed by atoms with Crippen LogP contribution in [0.15, 0.2) is 39.3 Å². The van der Waals surface area contributed by atoms with E-state index < -0.39 is 0 Å². The Morgan fingerprint density at radius 2 is 2.00 bits per heavy atom. The van der Waals surface area contributed by atoms with Crippen molar-refractivity contribution in [3.63, 3.8) is 0 Å². The summed E-state index contributed by atoms with van der Waals surface area (Å²) in [5.74, 6) is -0.140. The van der Waals surface area contributed by atoms with Crippen LogP contribution in [0.5, 0.6) is 0 Å². The van der Waals surface area contributed by atoms with Gasteiger partial charge in [0.1, 0.15) is 0 Å². The Labute approximate surface area is 144 Å². The van der Waals surface area contributed by atoms with Gasteiger partial charge in [-0.25, -0.2) is 0 Å². The SMILES string of the molecule is Cc1c(Br)cc(Br)c2c1C(=Cc1cccc(C#N)c1)C(=O)N2. The molecule has 0 bridgehead atoms. The molecule has 5 heteroatoms. The van der Waals surface area contributed by atoms with Crippen molar-refractivity contribution in [1.29, 1.82) is 5.26 Å². The number of anilines is 1. The zero-order valence-corrected chi connectivity index (χ0v) is 14.7. The van der Waals surface area contributed by atoms with Gasteiger partial charge in [-0.05, 0) is 58.3 Å². The first-order valence-electron chi connectivity index (χ1n) is 6.53. The van der Waals surface area contributed by atoms with Gasteiger partial charge >= 0.3 is 0 Å². The molecule has 0 saturated carbocycles. The second kappa shape index (κ2) is 5.71. The highest BCUT2D eigenvalue weighted by atomic mass is 79.9. The Kier molecular flexibility index (Phi) is 3.90. The Bertz CT molecular complexity index is 879. The van der Waals surface area contributed by atoms with E-state index in [1.54, 1.807) is 12.1 Å². The first-order chi connectivity index (χ1) is 10.5. The third-order valence-electron chi connectivity index (χ3n) is 3.55. The minimum atomic E-state index is -0.140. The van der Waals surface area contributed by atoms with Crippen LogP contribution in [0.3, 0.4) is 0 Å². The molecule has 1 amide bonds. The summed E-state index contributed by atoms with van der Waals surface area (Å²) in [6, 6.07) is 11.2. The molecule has 2 aromatic carbocycles. The van der Waals surface area contributed by atoms with Crippen molar-refractivity contribution >= 4 is 55.1 Å². The number of fused-ring (bicyclic) bond motifs is 1. The van der Waals surface area contributed by atoms with E-state index in [1.807, 2.05) is 31.2 Å². The number of rotatable bonds is 1. The van der Waals surface area contributed by atoms with E-state index in [4.69, 9.17) is 5.26 Å². The number of benzene rings is 2. The molecule has 22 heavy (non-hydrogen) atoms. The second-order valence-electron chi connectivity index (χ2n) is 4.96. The lowest BCUT2D eigenvalue weighted by Gasteiger charge is -2.08. The van der Waals surface area contributed by atoms with E-state index in [9.17, 15) is 4.79 Å². The number of carbonyl (C=O) groups is 1. The van der Waals surface area contributed by atoms with Gasteiger partial charge in [-0.15, -0.1) is 0 Å². The van der Waals surface area contributed by atoms with Crippen LogP contribution in [0.1, 0.15) is 22.3 Å². The van der Waals surface area contributed by atoms with Crippen molar-refractivity contribution in [3.05, 3.63) is 61.5 Å². The van der Waals surface area contributed by atoms with Crippen molar-refractivity contribution < 1.29 is 4.79 Å². The first kappa shape index (κ1) is 15.0. The van der Waals surface area contributed by atoms with Gasteiger partial charge in [0.2, 0.25) is 0 Å². The lowest BCUT2D eigenvalue weighted by Crippen LogP contribution is -2.03. The largest absolute Gasteiger partial charge is 0.320 e. The smallest absolute Gasteiger partial charge is 0.256 e. The standard InChI is InChI=1S/C17H10Br2N2O/c1-9-13(18)7-14(19)16-15(9)12(17(22)21-16)6-10-3-2-4-11(5-10)8-20/h2-7H,1H3,(H,21,22). The molecule has 0 fully saturated rings. The molecule has 1 heterocycles. The lowest BCUT2D eigenvalue weighted by atomic mass is 9.99. The Balaban J connectivity index is 2.20. The molecular formula is C17H10Br2N2O. The Morgan fingerprint density at radius 3 is 2.73 bits per heavy atom. The monoisotopic (exact) mass is 416 g/mol. The molecule has 0 spiro atoms. The van der Waals surface area contributed by atoms with Gasteiger partial charge in [-0.3, -0.25) is 4.79 Å². The van der Waals surface area contributed by atoms with E-state index in [0.29, 0.717) is 11.1 Å². The molecule has 0 aliphatic carbocycles. The topological polar surface area (TPSA) is 52.9 Å². The maximum atomic E-state index is 12.3. The van der Waals surface area contributed by atoms with Crippen molar-refractivity contribution in [2.24, 2.45) is 0 Å². The molecule has 3 rings (SSSR count). The number of hydrogen-bond donors (Lipinski definition) is 1. The van der Waals surface area contributed by atoms with Crippen molar-refractivity contribution in [1.82, 2.24) is 0 Å². The average Bonchev–Trinajstić information content (AvgIpc) is 2.83. The molecule has 0 aromatic heterocycles. The highest BCUT2D eigenvalue weighted by Crippen LogP contribution is 2.43. The molecule has 108 valence electrons. The normalized spacial score (nSPS) is 14.6. The highest BCUT2D eigenvalue weighted by Gasteiger charge is 2.28. The van der Waals surface area contributed by atoms with Gasteiger partial charge in [0.05, 0.1) is 17.3 Å². The van der Waals surface area contributed by atoms with Crippen LogP contribution in [0.2, 0.25) is 0 Å². The fourth-order valence-corrected chi connectivity index (χ4v) is 3.73. The molecule has 2 aromatic rings. The number of nitrogens with zero attached hydrogens (tertiary/aromatic N) is 1. The summed E-state index contributed by atoms with van der Waals surface area (Å²) >= 11 is 7.00. The van der Waals surface area contributed by atoms with E-state index >= 15 is 0 Å². The van der Waals surface area contributed by atoms with Crippen LogP contribution >= 0.6 is 31.9 Å². The summed E-state index contributed by atoms with van der Waals surface area (Å²) in [5, 5.41) is 11.9. The fourth-order valence-electron chi connectivity index (χ4n) is 2.47. The van der Waals surface area contributed by atoms with Crippen LogP contribution in [0.25, 0.3) is 11.6 Å². The minimum Gasteiger partial charge on any atom is -0.320 e. The van der Waals surface area contributed by atoms with Gasteiger partial charge < -0.3 is 5.32 Å². The van der Waals surface area contributed by atoms with Gasteiger partial charge in [-0.1, -0.05) is 28.1 Å². The highest BCUT2D eigenvalue weighted by molar-refractivity contribution is 9.11. The summed E-state index contributed by atoms with van der Waals surface area (Å²) in [4.78, 5) is 12.3. The zero-order chi connectivity index (χ0) is 15.9. The summed E-state index contributed by atoms with van der Waals surface area (Å²) in [6.45, 7) is 1.97. The third-order valence-corrected chi connectivity index (χ3v) is 5.00. The zero-order valence-electron chi connectivity index (χ0n) is 11.6. The number of carbonyl (C=O) groups excluding carboxylic acids is 1. The third kappa shape index (κ3) is 2.49. The van der Waals surface area contributed by atoms with Crippen LogP contribution < -0.4 is 5.32 Å². The van der Waals surface area contributed by atoms with E-state index in [2.05, 4.69) is 43.2 Å². The van der Waals surface area contributed by atoms with E-state index in [-0.39, 0.29) is 5.91 Å².